The molecule has 2 aromatic carbocycles. The summed E-state index contributed by atoms with van der Waals surface area (Å²) < 4.78 is 2.10. The Morgan fingerprint density at radius 2 is 1.71 bits per heavy atom. The molecular formula is C17H14N2O2. The third kappa shape index (κ3) is 2.43. The fourth-order valence-corrected chi connectivity index (χ4v) is 2.46. The maximum atomic E-state index is 10.9. The number of aromatic nitrogens is 1. The molecule has 21 heavy (non-hydrogen) atoms. The summed E-state index contributed by atoms with van der Waals surface area (Å²) in [6.45, 7) is 2.02. The Labute approximate surface area is 122 Å². The molecule has 0 aliphatic carbocycles. The van der Waals surface area contributed by atoms with E-state index >= 15 is 0 Å². The van der Waals surface area contributed by atoms with Gasteiger partial charge in [-0.25, -0.2) is 0 Å². The van der Waals surface area contributed by atoms with Crippen LogP contribution in [0.25, 0.3) is 16.9 Å². The van der Waals surface area contributed by atoms with Crippen LogP contribution in [0.15, 0.2) is 66.7 Å². The molecule has 1 heterocycles. The number of nitrogens with zero attached hydrogens (tertiary/aromatic N) is 2. The summed E-state index contributed by atoms with van der Waals surface area (Å²) >= 11 is 0. The van der Waals surface area contributed by atoms with Crippen LogP contribution in [-0.4, -0.2) is 9.49 Å². The normalized spacial score (nSPS) is 10.5. The molecule has 3 rings (SSSR count). The Kier molecular flexibility index (Phi) is 3.28. The molecule has 0 spiro atoms. The van der Waals surface area contributed by atoms with Crippen LogP contribution in [0.5, 0.6) is 0 Å². The van der Waals surface area contributed by atoms with E-state index in [9.17, 15) is 10.1 Å². The molecule has 0 bridgehead atoms. The average Bonchev–Trinajstić information content (AvgIpc) is 2.90. The van der Waals surface area contributed by atoms with E-state index in [0.29, 0.717) is 0 Å². The molecule has 104 valence electrons. The van der Waals surface area contributed by atoms with Crippen molar-refractivity contribution in [3.63, 3.8) is 0 Å². The smallest absolute Gasteiger partial charge is 0.270 e. The molecule has 3 aromatic rings. The van der Waals surface area contributed by atoms with Crippen molar-refractivity contribution in [2.24, 2.45) is 0 Å². The molecule has 0 N–H and O–H groups in total. The number of benzene rings is 2. The summed E-state index contributed by atoms with van der Waals surface area (Å²) in [6, 6.07) is 20.7. The predicted octanol–water partition coefficient (Wildman–Crippen LogP) is 4.36. The highest BCUT2D eigenvalue weighted by atomic mass is 16.6. The molecule has 0 aliphatic heterocycles. The van der Waals surface area contributed by atoms with E-state index in [1.807, 2.05) is 55.5 Å². The lowest BCUT2D eigenvalue weighted by molar-refractivity contribution is -0.384. The van der Waals surface area contributed by atoms with Gasteiger partial charge in [-0.05, 0) is 31.2 Å². The van der Waals surface area contributed by atoms with Gasteiger partial charge >= 0.3 is 0 Å². The Bertz CT molecular complexity index is 792. The lowest BCUT2D eigenvalue weighted by atomic mass is 10.1. The Hall–Kier alpha value is -2.88. The first-order valence-corrected chi connectivity index (χ1v) is 6.65. The standard InChI is InChI=1S/C17H14N2O2/c1-13-10-11-17(18(13)15-7-3-2-4-8-15)14-6-5-9-16(12-14)19(20)21/h2-12H,1H3. The van der Waals surface area contributed by atoms with Crippen molar-refractivity contribution in [3.05, 3.63) is 82.5 Å². The average molecular weight is 278 g/mol. The van der Waals surface area contributed by atoms with Gasteiger partial charge in [0.15, 0.2) is 0 Å². The summed E-state index contributed by atoms with van der Waals surface area (Å²) in [5.41, 5.74) is 4.01. The van der Waals surface area contributed by atoms with Crippen LogP contribution in [0.4, 0.5) is 5.69 Å². The van der Waals surface area contributed by atoms with Crippen molar-refractivity contribution in [2.45, 2.75) is 6.92 Å². The minimum Gasteiger partial charge on any atom is -0.314 e. The largest absolute Gasteiger partial charge is 0.314 e. The number of hydrogen-bond acceptors (Lipinski definition) is 2. The van der Waals surface area contributed by atoms with Crippen molar-refractivity contribution in [3.8, 4) is 16.9 Å². The molecule has 0 amide bonds. The maximum Gasteiger partial charge on any atom is 0.270 e. The number of hydrogen-bond donors (Lipinski definition) is 0. The fraction of sp³-hybridized carbons (Fsp3) is 0.0588. The molecule has 4 heteroatoms. The van der Waals surface area contributed by atoms with Crippen molar-refractivity contribution >= 4 is 5.69 Å². The number of para-hydroxylation sites is 1. The van der Waals surface area contributed by atoms with Crippen LogP contribution in [-0.2, 0) is 0 Å². The van der Waals surface area contributed by atoms with Crippen molar-refractivity contribution in [1.82, 2.24) is 4.57 Å². The number of rotatable bonds is 3. The first kappa shape index (κ1) is 13.1. The summed E-state index contributed by atoms with van der Waals surface area (Å²) in [7, 11) is 0. The lowest BCUT2D eigenvalue weighted by Gasteiger charge is -2.12. The SMILES string of the molecule is Cc1ccc(-c2cccc([N+](=O)[O-])c2)n1-c1ccccc1. The van der Waals surface area contributed by atoms with E-state index in [1.54, 1.807) is 12.1 Å². The minimum absolute atomic E-state index is 0.103. The van der Waals surface area contributed by atoms with E-state index in [4.69, 9.17) is 0 Å². The molecule has 0 radical (unpaired) electrons. The summed E-state index contributed by atoms with van der Waals surface area (Å²) in [5.74, 6) is 0. The maximum absolute atomic E-state index is 10.9. The summed E-state index contributed by atoms with van der Waals surface area (Å²) in [5, 5.41) is 10.9. The van der Waals surface area contributed by atoms with Crippen LogP contribution in [0.3, 0.4) is 0 Å². The molecule has 0 aliphatic rings. The van der Waals surface area contributed by atoms with Crippen molar-refractivity contribution in [2.75, 3.05) is 0 Å². The van der Waals surface area contributed by atoms with E-state index < -0.39 is 0 Å². The van der Waals surface area contributed by atoms with Gasteiger partial charge in [-0.3, -0.25) is 10.1 Å². The first-order chi connectivity index (χ1) is 10.2. The molecule has 4 nitrogen and oxygen atoms in total. The van der Waals surface area contributed by atoms with Gasteiger partial charge in [0.05, 0.1) is 10.6 Å². The highest BCUT2D eigenvalue weighted by Crippen LogP contribution is 2.28. The first-order valence-electron chi connectivity index (χ1n) is 6.65. The lowest BCUT2D eigenvalue weighted by Crippen LogP contribution is -1.99. The van der Waals surface area contributed by atoms with Crippen LogP contribution in [0, 0.1) is 17.0 Å². The van der Waals surface area contributed by atoms with Gasteiger partial charge in [-0.1, -0.05) is 30.3 Å². The van der Waals surface area contributed by atoms with E-state index in [0.717, 1.165) is 22.6 Å². The van der Waals surface area contributed by atoms with Gasteiger partial charge < -0.3 is 4.57 Å². The summed E-state index contributed by atoms with van der Waals surface area (Å²) in [6.07, 6.45) is 0. The fourth-order valence-electron chi connectivity index (χ4n) is 2.46. The van der Waals surface area contributed by atoms with Crippen molar-refractivity contribution in [1.29, 1.82) is 0 Å². The summed E-state index contributed by atoms with van der Waals surface area (Å²) in [4.78, 5) is 10.6. The highest BCUT2D eigenvalue weighted by molar-refractivity contribution is 5.66. The van der Waals surface area contributed by atoms with Crippen LogP contribution in [0.2, 0.25) is 0 Å². The molecule has 0 fully saturated rings. The van der Waals surface area contributed by atoms with Crippen LogP contribution < -0.4 is 0 Å². The van der Waals surface area contributed by atoms with Crippen LogP contribution >= 0.6 is 0 Å². The number of nitro benzene ring substituents is 1. The van der Waals surface area contributed by atoms with E-state index in [1.165, 1.54) is 6.07 Å². The number of non-ortho nitro benzene ring substituents is 1. The molecule has 0 unspecified atom stereocenters. The monoisotopic (exact) mass is 278 g/mol. The number of nitro groups is 1. The Morgan fingerprint density at radius 3 is 2.43 bits per heavy atom. The third-order valence-electron chi connectivity index (χ3n) is 3.44. The molecular weight excluding hydrogens is 264 g/mol. The van der Waals surface area contributed by atoms with Crippen molar-refractivity contribution < 1.29 is 4.92 Å². The zero-order valence-electron chi connectivity index (χ0n) is 11.6. The Morgan fingerprint density at radius 1 is 0.952 bits per heavy atom. The second-order valence-electron chi connectivity index (χ2n) is 4.84. The van der Waals surface area contributed by atoms with E-state index in [2.05, 4.69) is 4.57 Å². The highest BCUT2D eigenvalue weighted by Gasteiger charge is 2.12. The second-order valence-corrected chi connectivity index (χ2v) is 4.84. The molecule has 0 saturated carbocycles. The predicted molar refractivity (Wildman–Crippen MR) is 82.6 cm³/mol. The van der Waals surface area contributed by atoms with Gasteiger partial charge in [0.1, 0.15) is 0 Å². The van der Waals surface area contributed by atoms with Gasteiger partial charge in [0.2, 0.25) is 0 Å². The Balaban J connectivity index is 2.17. The van der Waals surface area contributed by atoms with Gasteiger partial charge in [0, 0.05) is 29.1 Å². The third-order valence-corrected chi connectivity index (χ3v) is 3.44. The van der Waals surface area contributed by atoms with Gasteiger partial charge in [-0.2, -0.15) is 0 Å². The zero-order chi connectivity index (χ0) is 14.8. The quantitative estimate of drug-likeness (QED) is 0.528. The van der Waals surface area contributed by atoms with Gasteiger partial charge in [0.25, 0.3) is 5.69 Å². The van der Waals surface area contributed by atoms with E-state index in [-0.39, 0.29) is 10.6 Å². The second kappa shape index (κ2) is 5.25. The molecule has 0 saturated heterocycles. The zero-order valence-corrected chi connectivity index (χ0v) is 11.6. The minimum atomic E-state index is -0.369. The van der Waals surface area contributed by atoms with Gasteiger partial charge in [-0.15, -0.1) is 0 Å². The molecule has 1 aromatic heterocycles. The topological polar surface area (TPSA) is 48.1 Å². The van der Waals surface area contributed by atoms with Crippen LogP contribution in [0.1, 0.15) is 5.69 Å². The number of aryl methyl sites for hydroxylation is 1. The molecule has 0 atom stereocenters.